The molecule has 0 saturated heterocycles. The van der Waals surface area contributed by atoms with Crippen LogP contribution in [0.1, 0.15) is 18.3 Å². The zero-order valence-corrected chi connectivity index (χ0v) is 9.31. The van der Waals surface area contributed by atoms with Crippen LogP contribution in [0.2, 0.25) is 0 Å². The van der Waals surface area contributed by atoms with Gasteiger partial charge in [-0.1, -0.05) is 0 Å². The standard InChI is InChI=1S/C9H13N5S/c1-15-6-3-7(10)8-12-13-9-11-4-2-5-14(8)9/h2,4-5,7H,3,6,10H2,1H3. The SMILES string of the molecule is CSCCC(N)c1nnc2ncccn12. The highest BCUT2D eigenvalue weighted by Crippen LogP contribution is 2.14. The van der Waals surface area contributed by atoms with Crippen molar-refractivity contribution < 1.29 is 0 Å². The van der Waals surface area contributed by atoms with Gasteiger partial charge in [0.2, 0.25) is 0 Å². The van der Waals surface area contributed by atoms with E-state index in [1.165, 1.54) is 0 Å². The fraction of sp³-hybridized carbons (Fsp3) is 0.444. The smallest absolute Gasteiger partial charge is 0.254 e. The van der Waals surface area contributed by atoms with E-state index < -0.39 is 0 Å². The third kappa shape index (κ3) is 2.10. The number of hydrogen-bond acceptors (Lipinski definition) is 5. The number of hydrogen-bond donors (Lipinski definition) is 1. The van der Waals surface area contributed by atoms with Crippen LogP contribution in [0, 0.1) is 0 Å². The van der Waals surface area contributed by atoms with Crippen molar-refractivity contribution in [3.63, 3.8) is 0 Å². The van der Waals surface area contributed by atoms with Gasteiger partial charge in [-0.15, -0.1) is 10.2 Å². The van der Waals surface area contributed by atoms with E-state index in [1.807, 2.05) is 16.7 Å². The first-order valence-corrected chi connectivity index (χ1v) is 6.12. The number of fused-ring (bicyclic) bond motifs is 1. The van der Waals surface area contributed by atoms with Crippen LogP contribution in [0.4, 0.5) is 0 Å². The van der Waals surface area contributed by atoms with E-state index in [1.54, 1.807) is 18.0 Å². The molecule has 2 heterocycles. The number of nitrogens with zero attached hydrogens (tertiary/aromatic N) is 4. The fourth-order valence-corrected chi connectivity index (χ4v) is 1.88. The van der Waals surface area contributed by atoms with Crippen molar-refractivity contribution in [2.45, 2.75) is 12.5 Å². The Hall–Kier alpha value is -1.14. The van der Waals surface area contributed by atoms with Gasteiger partial charge in [-0.3, -0.25) is 4.40 Å². The molecule has 2 aromatic rings. The van der Waals surface area contributed by atoms with Gasteiger partial charge in [0.25, 0.3) is 5.78 Å². The highest BCUT2D eigenvalue weighted by Gasteiger charge is 2.13. The highest BCUT2D eigenvalue weighted by atomic mass is 32.2. The quantitative estimate of drug-likeness (QED) is 0.833. The molecule has 0 radical (unpaired) electrons. The lowest BCUT2D eigenvalue weighted by Gasteiger charge is -2.07. The third-order valence-electron chi connectivity index (χ3n) is 2.18. The Morgan fingerprint density at radius 2 is 2.40 bits per heavy atom. The third-order valence-corrected chi connectivity index (χ3v) is 2.82. The van der Waals surface area contributed by atoms with E-state index in [-0.39, 0.29) is 6.04 Å². The van der Waals surface area contributed by atoms with Gasteiger partial charge < -0.3 is 5.73 Å². The van der Waals surface area contributed by atoms with E-state index >= 15 is 0 Å². The van der Waals surface area contributed by atoms with Crippen molar-refractivity contribution in [3.05, 3.63) is 24.3 Å². The zero-order chi connectivity index (χ0) is 10.7. The lowest BCUT2D eigenvalue weighted by Crippen LogP contribution is -2.14. The minimum atomic E-state index is -0.0725. The Balaban J connectivity index is 2.27. The molecule has 0 aliphatic carbocycles. The van der Waals surface area contributed by atoms with E-state index in [9.17, 15) is 0 Å². The fourth-order valence-electron chi connectivity index (χ4n) is 1.39. The molecule has 0 amide bonds. The molecule has 2 rings (SSSR count). The molecule has 15 heavy (non-hydrogen) atoms. The summed E-state index contributed by atoms with van der Waals surface area (Å²) in [5.41, 5.74) is 6.03. The number of nitrogens with two attached hydrogens (primary N) is 1. The molecule has 0 fully saturated rings. The monoisotopic (exact) mass is 223 g/mol. The van der Waals surface area contributed by atoms with Crippen LogP contribution in [0.3, 0.4) is 0 Å². The van der Waals surface area contributed by atoms with Gasteiger partial charge in [-0.2, -0.15) is 11.8 Å². The molecule has 0 bridgehead atoms. The maximum atomic E-state index is 6.03. The maximum absolute atomic E-state index is 6.03. The van der Waals surface area contributed by atoms with Crippen molar-refractivity contribution >= 4 is 17.5 Å². The van der Waals surface area contributed by atoms with E-state index in [2.05, 4.69) is 21.4 Å². The zero-order valence-electron chi connectivity index (χ0n) is 8.50. The molecule has 6 heteroatoms. The molecule has 2 N–H and O–H groups in total. The summed E-state index contributed by atoms with van der Waals surface area (Å²) < 4.78 is 1.84. The molecule has 0 saturated carbocycles. The second-order valence-electron chi connectivity index (χ2n) is 3.24. The average Bonchev–Trinajstić information content (AvgIpc) is 2.69. The topological polar surface area (TPSA) is 69.1 Å². The van der Waals surface area contributed by atoms with Gasteiger partial charge in [-0.05, 0) is 24.5 Å². The first-order chi connectivity index (χ1) is 7.33. The summed E-state index contributed by atoms with van der Waals surface area (Å²) in [5.74, 6) is 2.41. The molecular weight excluding hydrogens is 210 g/mol. The van der Waals surface area contributed by atoms with E-state index in [0.29, 0.717) is 5.78 Å². The predicted molar refractivity (Wildman–Crippen MR) is 60.7 cm³/mol. The molecule has 0 spiro atoms. The van der Waals surface area contributed by atoms with Gasteiger partial charge in [0.15, 0.2) is 5.82 Å². The van der Waals surface area contributed by atoms with E-state index in [4.69, 9.17) is 5.73 Å². The van der Waals surface area contributed by atoms with Crippen molar-refractivity contribution in [1.82, 2.24) is 19.6 Å². The highest BCUT2D eigenvalue weighted by molar-refractivity contribution is 7.98. The molecule has 0 aliphatic heterocycles. The summed E-state index contributed by atoms with van der Waals surface area (Å²) >= 11 is 1.78. The van der Waals surface area contributed by atoms with Crippen LogP contribution < -0.4 is 5.73 Å². The van der Waals surface area contributed by atoms with Crippen molar-refractivity contribution in [2.75, 3.05) is 12.0 Å². The summed E-state index contributed by atoms with van der Waals surface area (Å²) in [6, 6.07) is 1.78. The summed E-state index contributed by atoms with van der Waals surface area (Å²) in [5, 5.41) is 8.03. The Kier molecular flexibility index (Phi) is 3.17. The molecular formula is C9H13N5S. The normalized spacial score (nSPS) is 13.2. The summed E-state index contributed by atoms with van der Waals surface area (Å²) in [4.78, 5) is 4.09. The van der Waals surface area contributed by atoms with Crippen LogP contribution >= 0.6 is 11.8 Å². The first-order valence-electron chi connectivity index (χ1n) is 4.73. The molecule has 5 nitrogen and oxygen atoms in total. The lowest BCUT2D eigenvalue weighted by molar-refractivity contribution is 0.645. The van der Waals surface area contributed by atoms with Gasteiger partial charge in [0, 0.05) is 12.4 Å². The van der Waals surface area contributed by atoms with Crippen LogP contribution in [0.5, 0.6) is 0 Å². The van der Waals surface area contributed by atoms with Crippen LogP contribution in [-0.2, 0) is 0 Å². The van der Waals surface area contributed by atoms with Gasteiger partial charge in [0.05, 0.1) is 6.04 Å². The molecule has 0 aromatic carbocycles. The Bertz CT molecular complexity index is 441. The minimum Gasteiger partial charge on any atom is -0.321 e. The van der Waals surface area contributed by atoms with Crippen LogP contribution in [-0.4, -0.2) is 31.6 Å². The Labute approximate surface area is 92.1 Å². The number of aromatic nitrogens is 4. The van der Waals surface area contributed by atoms with Gasteiger partial charge >= 0.3 is 0 Å². The molecule has 1 unspecified atom stereocenters. The van der Waals surface area contributed by atoms with Crippen molar-refractivity contribution in [2.24, 2.45) is 5.73 Å². The lowest BCUT2D eigenvalue weighted by atomic mass is 10.2. The van der Waals surface area contributed by atoms with Crippen LogP contribution in [0.25, 0.3) is 5.78 Å². The average molecular weight is 223 g/mol. The largest absolute Gasteiger partial charge is 0.321 e. The maximum Gasteiger partial charge on any atom is 0.254 e. The molecule has 0 aliphatic rings. The molecule has 80 valence electrons. The second kappa shape index (κ2) is 4.59. The first kappa shape index (κ1) is 10.4. The van der Waals surface area contributed by atoms with Gasteiger partial charge in [-0.25, -0.2) is 4.98 Å². The molecule has 1 atom stereocenters. The van der Waals surface area contributed by atoms with Gasteiger partial charge in [0.1, 0.15) is 0 Å². The van der Waals surface area contributed by atoms with Crippen molar-refractivity contribution in [1.29, 1.82) is 0 Å². The summed E-state index contributed by atoms with van der Waals surface area (Å²) in [6.07, 6.45) is 6.55. The minimum absolute atomic E-state index is 0.0725. The Morgan fingerprint density at radius 1 is 1.53 bits per heavy atom. The summed E-state index contributed by atoms with van der Waals surface area (Å²) in [7, 11) is 0. The van der Waals surface area contributed by atoms with Crippen LogP contribution in [0.15, 0.2) is 18.5 Å². The predicted octanol–water partition coefficient (Wildman–Crippen LogP) is 0.877. The Morgan fingerprint density at radius 3 is 3.20 bits per heavy atom. The number of thioether (sulfide) groups is 1. The summed E-state index contributed by atoms with van der Waals surface area (Å²) in [6.45, 7) is 0. The second-order valence-corrected chi connectivity index (χ2v) is 4.22. The number of rotatable bonds is 4. The van der Waals surface area contributed by atoms with E-state index in [0.717, 1.165) is 18.0 Å². The molecule has 2 aromatic heterocycles. The van der Waals surface area contributed by atoms with Crippen molar-refractivity contribution in [3.8, 4) is 0 Å².